The van der Waals surface area contributed by atoms with Crippen molar-refractivity contribution in [3.63, 3.8) is 0 Å². The third-order valence-corrected chi connectivity index (χ3v) is 4.70. The van der Waals surface area contributed by atoms with Gasteiger partial charge in [0.15, 0.2) is 5.88 Å². The summed E-state index contributed by atoms with van der Waals surface area (Å²) in [5.41, 5.74) is 0. The van der Waals surface area contributed by atoms with Gasteiger partial charge in [-0.2, -0.15) is 0 Å². The zero-order valence-electron chi connectivity index (χ0n) is 13.5. The third-order valence-electron chi connectivity index (χ3n) is 3.82. The molecule has 0 N–H and O–H groups in total. The van der Waals surface area contributed by atoms with E-state index in [1.54, 1.807) is 6.08 Å². The maximum absolute atomic E-state index is 12.3. The summed E-state index contributed by atoms with van der Waals surface area (Å²) < 4.78 is 5.75. The van der Waals surface area contributed by atoms with Crippen molar-refractivity contribution in [2.75, 3.05) is 18.0 Å². The van der Waals surface area contributed by atoms with Crippen LogP contribution in [0.15, 0.2) is 21.5 Å². The molecule has 1 aromatic heterocycles. The Labute approximate surface area is 135 Å². The molecule has 1 aliphatic rings. The third kappa shape index (κ3) is 3.21. The van der Waals surface area contributed by atoms with Crippen molar-refractivity contribution in [3.8, 4) is 0 Å². The Balaban J connectivity index is 2.20. The number of thioether (sulfide) groups is 1. The molecule has 0 aliphatic carbocycles. The van der Waals surface area contributed by atoms with Crippen LogP contribution in [-0.2, 0) is 4.79 Å². The standard InChI is InChI=1S/C16H22N2O3S/c1-5-11(4)18-15(19)13(22-16(18)20)10-12-8-9-14(21-12)17(6-2)7-3/h8-11H,5-7H2,1-4H3. The van der Waals surface area contributed by atoms with E-state index in [-0.39, 0.29) is 17.2 Å². The van der Waals surface area contributed by atoms with Gasteiger partial charge < -0.3 is 9.32 Å². The molecule has 1 fully saturated rings. The molecule has 0 saturated carbocycles. The number of hydrogen-bond donors (Lipinski definition) is 0. The lowest BCUT2D eigenvalue weighted by Crippen LogP contribution is -2.36. The molecule has 0 bridgehead atoms. The van der Waals surface area contributed by atoms with Crippen molar-refractivity contribution in [1.82, 2.24) is 4.90 Å². The minimum atomic E-state index is -0.231. The molecule has 0 aromatic carbocycles. The second-order valence-corrected chi connectivity index (χ2v) is 6.15. The average Bonchev–Trinajstić information content (AvgIpc) is 3.06. The summed E-state index contributed by atoms with van der Waals surface area (Å²) in [6.07, 6.45) is 2.40. The molecule has 6 heteroatoms. The number of amides is 2. The maximum Gasteiger partial charge on any atom is 0.293 e. The smallest absolute Gasteiger partial charge is 0.293 e. The SMILES string of the molecule is CCC(C)N1C(=O)SC(=Cc2ccc(N(CC)CC)o2)C1=O. The van der Waals surface area contributed by atoms with Crippen LogP contribution in [0.4, 0.5) is 10.7 Å². The number of nitrogens with zero attached hydrogens (tertiary/aromatic N) is 2. The first-order valence-corrected chi connectivity index (χ1v) is 8.45. The average molecular weight is 322 g/mol. The fourth-order valence-electron chi connectivity index (χ4n) is 2.30. The quantitative estimate of drug-likeness (QED) is 0.742. The zero-order chi connectivity index (χ0) is 16.3. The normalized spacial score (nSPS) is 18.4. The van der Waals surface area contributed by atoms with Crippen molar-refractivity contribution in [3.05, 3.63) is 22.8 Å². The minimum Gasteiger partial charge on any atom is -0.441 e. The van der Waals surface area contributed by atoms with Crippen molar-refractivity contribution in [1.29, 1.82) is 0 Å². The molecule has 2 rings (SSSR count). The maximum atomic E-state index is 12.3. The van der Waals surface area contributed by atoms with Crippen molar-refractivity contribution >= 4 is 34.9 Å². The molecule has 2 amide bonds. The Morgan fingerprint density at radius 2 is 1.95 bits per heavy atom. The highest BCUT2D eigenvalue weighted by Crippen LogP contribution is 2.34. The van der Waals surface area contributed by atoms with Crippen LogP contribution in [-0.4, -0.2) is 35.2 Å². The molecular weight excluding hydrogens is 300 g/mol. The molecular formula is C16H22N2O3S. The van der Waals surface area contributed by atoms with Crippen molar-refractivity contribution < 1.29 is 14.0 Å². The highest BCUT2D eigenvalue weighted by Gasteiger charge is 2.37. The first-order valence-electron chi connectivity index (χ1n) is 7.63. The predicted molar refractivity (Wildman–Crippen MR) is 89.8 cm³/mol. The fourth-order valence-corrected chi connectivity index (χ4v) is 3.21. The van der Waals surface area contributed by atoms with Gasteiger partial charge in [0.05, 0.1) is 4.91 Å². The molecule has 120 valence electrons. The van der Waals surface area contributed by atoms with Crippen LogP contribution < -0.4 is 4.90 Å². The van der Waals surface area contributed by atoms with E-state index in [0.29, 0.717) is 10.7 Å². The van der Waals surface area contributed by atoms with E-state index in [0.717, 1.165) is 37.2 Å². The highest BCUT2D eigenvalue weighted by molar-refractivity contribution is 8.18. The van der Waals surface area contributed by atoms with Crippen LogP contribution >= 0.6 is 11.8 Å². The number of rotatable bonds is 6. The van der Waals surface area contributed by atoms with E-state index in [2.05, 4.69) is 18.7 Å². The molecule has 0 spiro atoms. The van der Waals surface area contributed by atoms with Crippen LogP contribution in [0.25, 0.3) is 6.08 Å². The van der Waals surface area contributed by atoms with Gasteiger partial charge in [-0.3, -0.25) is 14.5 Å². The first kappa shape index (κ1) is 16.7. The molecule has 1 unspecified atom stereocenters. The Kier molecular flexibility index (Phi) is 5.34. The van der Waals surface area contributed by atoms with Gasteiger partial charge in [-0.1, -0.05) is 6.92 Å². The van der Waals surface area contributed by atoms with Gasteiger partial charge in [0.1, 0.15) is 5.76 Å². The zero-order valence-corrected chi connectivity index (χ0v) is 14.3. The lowest BCUT2D eigenvalue weighted by Gasteiger charge is -2.19. The molecule has 1 atom stereocenters. The van der Waals surface area contributed by atoms with Crippen LogP contribution in [0.2, 0.25) is 0 Å². The number of hydrogen-bond acceptors (Lipinski definition) is 5. The fraction of sp³-hybridized carbons (Fsp3) is 0.500. The summed E-state index contributed by atoms with van der Waals surface area (Å²) in [4.78, 5) is 28.1. The van der Waals surface area contributed by atoms with Gasteiger partial charge in [-0.05, 0) is 45.0 Å². The second-order valence-electron chi connectivity index (χ2n) is 5.16. The Hall–Kier alpha value is -1.69. The van der Waals surface area contributed by atoms with E-state index in [1.807, 2.05) is 26.0 Å². The monoisotopic (exact) mass is 322 g/mol. The molecule has 5 nitrogen and oxygen atoms in total. The largest absolute Gasteiger partial charge is 0.441 e. The molecule has 1 aromatic rings. The number of imide groups is 1. The second kappa shape index (κ2) is 7.05. The molecule has 22 heavy (non-hydrogen) atoms. The van der Waals surface area contributed by atoms with Gasteiger partial charge in [0.25, 0.3) is 11.1 Å². The lowest BCUT2D eigenvalue weighted by molar-refractivity contribution is -0.124. The predicted octanol–water partition coefficient (Wildman–Crippen LogP) is 3.96. The van der Waals surface area contributed by atoms with Crippen LogP contribution in [0.5, 0.6) is 0 Å². The van der Waals surface area contributed by atoms with Gasteiger partial charge >= 0.3 is 0 Å². The van der Waals surface area contributed by atoms with E-state index in [9.17, 15) is 9.59 Å². The summed E-state index contributed by atoms with van der Waals surface area (Å²) in [5, 5.41) is -0.207. The molecule has 1 aliphatic heterocycles. The molecule has 2 heterocycles. The molecule has 1 saturated heterocycles. The van der Waals surface area contributed by atoms with E-state index >= 15 is 0 Å². The van der Waals surface area contributed by atoms with Crippen LogP contribution in [0.3, 0.4) is 0 Å². The minimum absolute atomic E-state index is 0.0822. The Morgan fingerprint density at radius 3 is 2.55 bits per heavy atom. The van der Waals surface area contributed by atoms with Crippen molar-refractivity contribution in [2.24, 2.45) is 0 Å². The topological polar surface area (TPSA) is 53.8 Å². The van der Waals surface area contributed by atoms with Gasteiger partial charge in [0.2, 0.25) is 0 Å². The van der Waals surface area contributed by atoms with E-state index < -0.39 is 0 Å². The summed E-state index contributed by atoms with van der Waals surface area (Å²) in [5.74, 6) is 1.14. The number of carbonyl (C=O) groups is 2. The van der Waals surface area contributed by atoms with Gasteiger partial charge in [-0.25, -0.2) is 0 Å². The Bertz CT molecular complexity index is 590. The summed E-state index contributed by atoms with van der Waals surface area (Å²) in [6, 6.07) is 3.63. The van der Waals surface area contributed by atoms with E-state index in [1.165, 1.54) is 4.90 Å². The summed E-state index contributed by atoms with van der Waals surface area (Å²) in [7, 11) is 0. The van der Waals surface area contributed by atoms with Crippen LogP contribution in [0, 0.1) is 0 Å². The van der Waals surface area contributed by atoms with Crippen LogP contribution in [0.1, 0.15) is 39.9 Å². The number of anilines is 1. The Morgan fingerprint density at radius 1 is 1.27 bits per heavy atom. The molecule has 0 radical (unpaired) electrons. The summed E-state index contributed by atoms with van der Waals surface area (Å²) >= 11 is 0.974. The number of furan rings is 1. The highest BCUT2D eigenvalue weighted by atomic mass is 32.2. The first-order chi connectivity index (χ1) is 10.5. The van der Waals surface area contributed by atoms with Gasteiger partial charge in [-0.15, -0.1) is 0 Å². The lowest BCUT2D eigenvalue weighted by atomic mass is 10.2. The van der Waals surface area contributed by atoms with E-state index in [4.69, 9.17) is 4.42 Å². The van der Waals surface area contributed by atoms with Gasteiger partial charge in [0, 0.05) is 31.3 Å². The van der Waals surface area contributed by atoms with Crippen molar-refractivity contribution in [2.45, 2.75) is 40.2 Å². The number of carbonyl (C=O) groups excluding carboxylic acids is 2. The summed E-state index contributed by atoms with van der Waals surface area (Å²) in [6.45, 7) is 9.67.